The smallest absolute Gasteiger partial charge is 0.328 e. The van der Waals surface area contributed by atoms with E-state index in [-0.39, 0.29) is 0 Å². The van der Waals surface area contributed by atoms with Gasteiger partial charge in [0.05, 0.1) is 0 Å². The molecule has 1 aromatic carbocycles. The van der Waals surface area contributed by atoms with E-state index in [1.807, 2.05) is 12.1 Å². The predicted octanol–water partition coefficient (Wildman–Crippen LogP) is 3.33. The molecule has 102 valence electrons. The lowest BCUT2D eigenvalue weighted by Crippen LogP contribution is -2.34. The van der Waals surface area contributed by atoms with Gasteiger partial charge >= 0.3 is 5.97 Å². The van der Waals surface area contributed by atoms with Crippen molar-refractivity contribution in [3.63, 3.8) is 0 Å². The average Bonchev–Trinajstić information content (AvgIpc) is 2.36. The molecule has 1 saturated heterocycles. The number of piperidine rings is 1. The van der Waals surface area contributed by atoms with Crippen LogP contribution in [0.3, 0.4) is 0 Å². The Balaban J connectivity index is 2.17. The van der Waals surface area contributed by atoms with Crippen molar-refractivity contribution in [1.29, 1.82) is 0 Å². The Hall–Kier alpha value is -1.77. The fourth-order valence-electron chi connectivity index (χ4n) is 2.71. The van der Waals surface area contributed by atoms with Gasteiger partial charge in [-0.2, -0.15) is 0 Å². The van der Waals surface area contributed by atoms with Crippen LogP contribution in [-0.4, -0.2) is 24.2 Å². The molecule has 0 radical (unpaired) electrons. The Morgan fingerprint density at radius 2 is 2.26 bits per heavy atom. The number of carboxylic acids is 1. The minimum atomic E-state index is -0.911. The zero-order chi connectivity index (χ0) is 13.8. The number of hydrogen-bond acceptors (Lipinski definition) is 2. The molecule has 0 spiro atoms. The van der Waals surface area contributed by atoms with Crippen LogP contribution in [-0.2, 0) is 4.79 Å². The van der Waals surface area contributed by atoms with Crippen molar-refractivity contribution in [3.05, 3.63) is 35.4 Å². The number of anilines is 1. The van der Waals surface area contributed by atoms with Crippen LogP contribution in [0.15, 0.2) is 24.3 Å². The molecule has 1 fully saturated rings. The molecule has 1 N–H and O–H groups in total. The normalized spacial score (nSPS) is 19.9. The summed E-state index contributed by atoms with van der Waals surface area (Å²) in [5.41, 5.74) is 3.43. The van der Waals surface area contributed by atoms with Crippen molar-refractivity contribution in [2.24, 2.45) is 5.92 Å². The summed E-state index contributed by atoms with van der Waals surface area (Å²) in [6.07, 6.45) is 5.38. The highest BCUT2D eigenvalue weighted by molar-refractivity contribution is 5.85. The van der Waals surface area contributed by atoms with E-state index in [0.717, 1.165) is 24.6 Å². The molecule has 0 bridgehead atoms. The van der Waals surface area contributed by atoms with Gasteiger partial charge in [-0.15, -0.1) is 0 Å². The lowest BCUT2D eigenvalue weighted by molar-refractivity contribution is -0.131. The third-order valence-electron chi connectivity index (χ3n) is 3.64. The number of benzene rings is 1. The number of aryl methyl sites for hydroxylation is 1. The van der Waals surface area contributed by atoms with Gasteiger partial charge in [0.15, 0.2) is 0 Å². The molecule has 0 aromatic heterocycles. The summed E-state index contributed by atoms with van der Waals surface area (Å²) < 4.78 is 0. The molecule has 0 amide bonds. The van der Waals surface area contributed by atoms with Crippen LogP contribution in [0, 0.1) is 12.8 Å². The highest BCUT2D eigenvalue weighted by atomic mass is 16.4. The molecule has 0 saturated carbocycles. The minimum absolute atomic E-state index is 0.750. The Kier molecular flexibility index (Phi) is 4.25. The first-order valence-corrected chi connectivity index (χ1v) is 6.83. The van der Waals surface area contributed by atoms with E-state index in [2.05, 4.69) is 24.8 Å². The Bertz CT molecular complexity index is 494. The van der Waals surface area contributed by atoms with Crippen molar-refractivity contribution >= 4 is 17.7 Å². The summed E-state index contributed by atoms with van der Waals surface area (Å²) in [7, 11) is 0. The number of carbonyl (C=O) groups is 1. The maximum absolute atomic E-state index is 10.5. The Morgan fingerprint density at radius 1 is 1.47 bits per heavy atom. The largest absolute Gasteiger partial charge is 0.478 e. The van der Waals surface area contributed by atoms with E-state index in [1.165, 1.54) is 30.2 Å². The van der Waals surface area contributed by atoms with Crippen LogP contribution in [0.5, 0.6) is 0 Å². The molecule has 1 aliphatic heterocycles. The van der Waals surface area contributed by atoms with E-state index in [1.54, 1.807) is 6.08 Å². The van der Waals surface area contributed by atoms with Crippen LogP contribution in [0.1, 0.15) is 30.9 Å². The SMILES string of the molecule is Cc1cc(/C=C/C(=O)O)ccc1N1CCCC(C)C1. The second-order valence-electron chi connectivity index (χ2n) is 5.41. The van der Waals surface area contributed by atoms with E-state index in [9.17, 15) is 4.79 Å². The monoisotopic (exact) mass is 259 g/mol. The molecule has 2 rings (SSSR count). The topological polar surface area (TPSA) is 40.5 Å². The Labute approximate surface area is 114 Å². The quantitative estimate of drug-likeness (QED) is 0.846. The summed E-state index contributed by atoms with van der Waals surface area (Å²) in [5, 5.41) is 8.64. The van der Waals surface area contributed by atoms with E-state index >= 15 is 0 Å². The van der Waals surface area contributed by atoms with Crippen LogP contribution >= 0.6 is 0 Å². The first-order valence-electron chi connectivity index (χ1n) is 6.83. The molecule has 1 atom stereocenters. The van der Waals surface area contributed by atoms with Crippen molar-refractivity contribution in [1.82, 2.24) is 0 Å². The summed E-state index contributed by atoms with van der Waals surface area (Å²) in [5.74, 6) is -0.161. The number of hydrogen-bond donors (Lipinski definition) is 1. The van der Waals surface area contributed by atoms with E-state index in [4.69, 9.17) is 5.11 Å². The maximum atomic E-state index is 10.5. The predicted molar refractivity (Wildman–Crippen MR) is 78.5 cm³/mol. The van der Waals surface area contributed by atoms with Gasteiger partial charge in [-0.05, 0) is 55.0 Å². The molecule has 1 heterocycles. The zero-order valence-electron chi connectivity index (χ0n) is 11.6. The molecule has 1 aliphatic rings. The van der Waals surface area contributed by atoms with Gasteiger partial charge in [0.1, 0.15) is 0 Å². The summed E-state index contributed by atoms with van der Waals surface area (Å²) in [4.78, 5) is 13.0. The van der Waals surface area contributed by atoms with Gasteiger partial charge in [0.25, 0.3) is 0 Å². The lowest BCUT2D eigenvalue weighted by Gasteiger charge is -2.34. The van der Waals surface area contributed by atoms with Crippen LogP contribution in [0.25, 0.3) is 6.08 Å². The highest BCUT2D eigenvalue weighted by Gasteiger charge is 2.17. The maximum Gasteiger partial charge on any atom is 0.328 e. The molecule has 3 nitrogen and oxygen atoms in total. The molecule has 0 aliphatic carbocycles. The highest BCUT2D eigenvalue weighted by Crippen LogP contribution is 2.26. The molecule has 3 heteroatoms. The van der Waals surface area contributed by atoms with Gasteiger partial charge < -0.3 is 10.0 Å². The molecular formula is C16H21NO2. The number of carboxylic acid groups (broad SMARTS) is 1. The van der Waals surface area contributed by atoms with E-state index in [0.29, 0.717) is 0 Å². The summed E-state index contributed by atoms with van der Waals surface area (Å²) in [6, 6.07) is 6.14. The molecule has 1 unspecified atom stereocenters. The van der Waals surface area contributed by atoms with Gasteiger partial charge in [-0.25, -0.2) is 4.79 Å². The standard InChI is InChI=1S/C16H21NO2/c1-12-4-3-9-17(11-12)15-7-5-14(10-13(15)2)6-8-16(18)19/h5-8,10,12H,3-4,9,11H2,1-2H3,(H,18,19)/b8-6+. The van der Waals surface area contributed by atoms with Crippen LogP contribution in [0.2, 0.25) is 0 Å². The van der Waals surface area contributed by atoms with Crippen LogP contribution in [0.4, 0.5) is 5.69 Å². The summed E-state index contributed by atoms with van der Waals surface area (Å²) in [6.45, 7) is 6.62. The van der Waals surface area contributed by atoms with Gasteiger partial charge in [-0.3, -0.25) is 0 Å². The van der Waals surface area contributed by atoms with Gasteiger partial charge in [-0.1, -0.05) is 13.0 Å². The average molecular weight is 259 g/mol. The number of nitrogens with zero attached hydrogens (tertiary/aromatic N) is 1. The van der Waals surface area contributed by atoms with Crippen molar-refractivity contribution in [2.75, 3.05) is 18.0 Å². The fourth-order valence-corrected chi connectivity index (χ4v) is 2.71. The third-order valence-corrected chi connectivity index (χ3v) is 3.64. The number of aliphatic carboxylic acids is 1. The van der Waals surface area contributed by atoms with Crippen molar-refractivity contribution in [3.8, 4) is 0 Å². The first kappa shape index (κ1) is 13.7. The fraction of sp³-hybridized carbons (Fsp3) is 0.438. The second-order valence-corrected chi connectivity index (χ2v) is 5.41. The number of rotatable bonds is 3. The minimum Gasteiger partial charge on any atom is -0.478 e. The zero-order valence-corrected chi connectivity index (χ0v) is 11.6. The van der Waals surface area contributed by atoms with Gasteiger partial charge in [0.2, 0.25) is 0 Å². The second kappa shape index (κ2) is 5.91. The Morgan fingerprint density at radius 3 is 2.89 bits per heavy atom. The van der Waals surface area contributed by atoms with Crippen LogP contribution < -0.4 is 4.90 Å². The van der Waals surface area contributed by atoms with Crippen molar-refractivity contribution < 1.29 is 9.90 Å². The van der Waals surface area contributed by atoms with Crippen molar-refractivity contribution in [2.45, 2.75) is 26.7 Å². The lowest BCUT2D eigenvalue weighted by atomic mass is 9.98. The molecular weight excluding hydrogens is 238 g/mol. The molecule has 1 aromatic rings. The third kappa shape index (κ3) is 3.60. The van der Waals surface area contributed by atoms with E-state index < -0.39 is 5.97 Å². The summed E-state index contributed by atoms with van der Waals surface area (Å²) >= 11 is 0. The molecule has 19 heavy (non-hydrogen) atoms. The first-order chi connectivity index (χ1) is 9.06. The van der Waals surface area contributed by atoms with Gasteiger partial charge in [0, 0.05) is 24.9 Å².